The lowest BCUT2D eigenvalue weighted by molar-refractivity contribution is -0.158. The third-order valence-electron chi connectivity index (χ3n) is 6.60. The molecule has 4 aliphatic rings. The number of amides is 2. The van der Waals surface area contributed by atoms with Gasteiger partial charge in [-0.2, -0.15) is 0 Å². The maximum absolute atomic E-state index is 12.6. The summed E-state index contributed by atoms with van der Waals surface area (Å²) in [7, 11) is 0. The zero-order valence-electron chi connectivity index (χ0n) is 16.2. The van der Waals surface area contributed by atoms with Gasteiger partial charge in [0, 0.05) is 17.6 Å². The molecule has 2 heterocycles. The van der Waals surface area contributed by atoms with Gasteiger partial charge in [-0.25, -0.2) is 4.90 Å². The summed E-state index contributed by atoms with van der Waals surface area (Å²) in [5.41, 5.74) is 0.997. The van der Waals surface area contributed by atoms with Gasteiger partial charge in [0.05, 0.1) is 19.1 Å². The molecular weight excluding hydrogens is 350 g/mol. The van der Waals surface area contributed by atoms with Crippen LogP contribution in [0.2, 0.25) is 0 Å². The van der Waals surface area contributed by atoms with E-state index in [0.717, 1.165) is 17.7 Å². The highest BCUT2D eigenvalue weighted by Gasteiger charge is 2.64. The molecule has 2 unspecified atom stereocenters. The maximum Gasteiger partial charge on any atom is 0.311 e. The van der Waals surface area contributed by atoms with Crippen LogP contribution in [0.3, 0.4) is 0 Å². The molecule has 0 bridgehead atoms. The summed E-state index contributed by atoms with van der Waals surface area (Å²) >= 11 is 0. The lowest BCUT2D eigenvalue weighted by Gasteiger charge is -2.22. The molecule has 0 aromatic rings. The fourth-order valence-corrected chi connectivity index (χ4v) is 4.80. The molecule has 1 saturated carbocycles. The Bertz CT molecular complexity index is 690. The van der Waals surface area contributed by atoms with Crippen molar-refractivity contribution in [3.05, 3.63) is 11.1 Å². The third-order valence-corrected chi connectivity index (χ3v) is 6.60. The Morgan fingerprint density at radius 3 is 2.19 bits per heavy atom. The topological polar surface area (TPSA) is 82.1 Å². The molecule has 0 spiro atoms. The molecule has 2 amide bonds. The van der Waals surface area contributed by atoms with Crippen LogP contribution in [-0.4, -0.2) is 48.4 Å². The highest BCUT2D eigenvalue weighted by atomic mass is 16.7. The molecule has 148 valence electrons. The number of esters is 1. The minimum Gasteiger partial charge on any atom is -0.443 e. The smallest absolute Gasteiger partial charge is 0.311 e. The van der Waals surface area contributed by atoms with Crippen molar-refractivity contribution in [1.82, 2.24) is 4.90 Å². The van der Waals surface area contributed by atoms with E-state index in [9.17, 15) is 14.4 Å². The molecule has 0 aromatic heterocycles. The van der Waals surface area contributed by atoms with Crippen LogP contribution in [0, 0.1) is 17.3 Å². The van der Waals surface area contributed by atoms with Crippen LogP contribution in [0.5, 0.6) is 0 Å². The first-order chi connectivity index (χ1) is 12.7. The number of carbonyl (C=O) groups excluding carboxylic acids is 3. The van der Waals surface area contributed by atoms with Crippen LogP contribution in [0.4, 0.5) is 0 Å². The fourth-order valence-electron chi connectivity index (χ4n) is 4.80. The summed E-state index contributed by atoms with van der Waals surface area (Å²) in [6.45, 7) is 6.77. The summed E-state index contributed by atoms with van der Waals surface area (Å²) < 4.78 is 16.7. The van der Waals surface area contributed by atoms with Crippen LogP contribution in [0.15, 0.2) is 11.1 Å². The molecule has 2 aliphatic carbocycles. The predicted octanol–water partition coefficient (Wildman–Crippen LogP) is 2.15. The number of hydrogen-bond acceptors (Lipinski definition) is 6. The van der Waals surface area contributed by atoms with Gasteiger partial charge < -0.3 is 14.2 Å². The van der Waals surface area contributed by atoms with E-state index in [0.29, 0.717) is 43.6 Å². The number of hydrogen-bond donors (Lipinski definition) is 0. The van der Waals surface area contributed by atoms with Crippen LogP contribution >= 0.6 is 0 Å². The third kappa shape index (κ3) is 3.10. The Morgan fingerprint density at radius 1 is 1.07 bits per heavy atom. The van der Waals surface area contributed by atoms with Gasteiger partial charge in [0.15, 0.2) is 12.5 Å². The minimum absolute atomic E-state index is 0.0874. The quantitative estimate of drug-likeness (QED) is 0.539. The van der Waals surface area contributed by atoms with Crippen molar-refractivity contribution >= 4 is 17.8 Å². The van der Waals surface area contributed by atoms with Crippen LogP contribution in [0.25, 0.3) is 0 Å². The Hall–Kier alpha value is -1.73. The number of imide groups is 1. The monoisotopic (exact) mass is 377 g/mol. The number of nitrogens with zero attached hydrogens (tertiary/aromatic N) is 1. The Morgan fingerprint density at radius 2 is 1.63 bits per heavy atom. The van der Waals surface area contributed by atoms with E-state index in [-0.39, 0.29) is 41.8 Å². The molecule has 7 nitrogen and oxygen atoms in total. The second-order valence-electron chi connectivity index (χ2n) is 8.74. The van der Waals surface area contributed by atoms with Gasteiger partial charge in [-0.05, 0) is 43.9 Å². The average molecular weight is 377 g/mol. The normalized spacial score (nSPS) is 31.3. The van der Waals surface area contributed by atoms with Crippen molar-refractivity contribution in [2.45, 2.75) is 58.7 Å². The summed E-state index contributed by atoms with van der Waals surface area (Å²) in [5, 5.41) is 0. The second kappa shape index (κ2) is 6.41. The van der Waals surface area contributed by atoms with Crippen molar-refractivity contribution < 1.29 is 28.6 Å². The van der Waals surface area contributed by atoms with E-state index < -0.39 is 5.79 Å². The summed E-state index contributed by atoms with van der Waals surface area (Å²) in [4.78, 5) is 38.6. The van der Waals surface area contributed by atoms with Crippen LogP contribution in [-0.2, 0) is 28.6 Å². The molecule has 2 aliphatic heterocycles. The molecule has 1 saturated heterocycles. The van der Waals surface area contributed by atoms with E-state index in [4.69, 9.17) is 14.2 Å². The summed E-state index contributed by atoms with van der Waals surface area (Å²) in [6.07, 6.45) is 3.75. The molecule has 0 N–H and O–H groups in total. The Labute approximate surface area is 159 Å². The van der Waals surface area contributed by atoms with Crippen LogP contribution < -0.4 is 0 Å². The second-order valence-corrected chi connectivity index (χ2v) is 8.74. The molecule has 4 rings (SSSR count). The van der Waals surface area contributed by atoms with Gasteiger partial charge in [-0.15, -0.1) is 0 Å². The lowest BCUT2D eigenvalue weighted by Crippen LogP contribution is -2.35. The molecule has 0 radical (unpaired) electrons. The van der Waals surface area contributed by atoms with Crippen LogP contribution in [0.1, 0.15) is 52.9 Å². The van der Waals surface area contributed by atoms with E-state index >= 15 is 0 Å². The van der Waals surface area contributed by atoms with E-state index in [1.807, 2.05) is 20.8 Å². The fraction of sp³-hybridized carbons (Fsp3) is 0.750. The Balaban J connectivity index is 1.35. The Kier molecular flexibility index (Phi) is 4.42. The van der Waals surface area contributed by atoms with Gasteiger partial charge in [0.1, 0.15) is 0 Å². The minimum atomic E-state index is -0.652. The molecule has 27 heavy (non-hydrogen) atoms. The number of carbonyl (C=O) groups is 3. The largest absolute Gasteiger partial charge is 0.443 e. The van der Waals surface area contributed by atoms with Crippen molar-refractivity contribution in [3.63, 3.8) is 0 Å². The molecule has 2 fully saturated rings. The van der Waals surface area contributed by atoms with E-state index in [1.165, 1.54) is 0 Å². The zero-order valence-corrected chi connectivity index (χ0v) is 16.2. The highest BCUT2D eigenvalue weighted by molar-refractivity contribution is 6.19. The van der Waals surface area contributed by atoms with Gasteiger partial charge in [0.2, 0.25) is 0 Å². The lowest BCUT2D eigenvalue weighted by atomic mass is 9.93. The zero-order chi connectivity index (χ0) is 19.4. The van der Waals surface area contributed by atoms with E-state index in [1.54, 1.807) is 0 Å². The van der Waals surface area contributed by atoms with Crippen molar-refractivity contribution in [2.24, 2.45) is 17.3 Å². The van der Waals surface area contributed by atoms with Crippen molar-refractivity contribution in [2.75, 3.05) is 19.9 Å². The van der Waals surface area contributed by atoms with Gasteiger partial charge >= 0.3 is 5.97 Å². The molecule has 2 atom stereocenters. The highest BCUT2D eigenvalue weighted by Crippen LogP contribution is 2.62. The molecule has 0 aromatic carbocycles. The molecular formula is C20H27NO6. The standard InChI is InChI=1S/C20H27NO6/c1-19(2)14(10-20(3)26-8-9-27-20)15(19)18(24)25-11-21-16(22)12-6-4-5-7-13(12)17(21)23/h14-15H,4-11H2,1-3H3. The average Bonchev–Trinajstić information content (AvgIpc) is 2.91. The number of rotatable bonds is 5. The van der Waals surface area contributed by atoms with E-state index in [2.05, 4.69) is 0 Å². The van der Waals surface area contributed by atoms with Gasteiger partial charge in [-0.1, -0.05) is 13.8 Å². The maximum atomic E-state index is 12.6. The van der Waals surface area contributed by atoms with Gasteiger partial charge in [0.25, 0.3) is 11.8 Å². The van der Waals surface area contributed by atoms with Crippen molar-refractivity contribution in [1.29, 1.82) is 0 Å². The first-order valence-corrected chi connectivity index (χ1v) is 9.77. The predicted molar refractivity (Wildman–Crippen MR) is 94.0 cm³/mol. The number of ether oxygens (including phenoxy) is 3. The summed E-state index contributed by atoms with van der Waals surface area (Å²) in [6, 6.07) is 0. The molecule has 7 heteroatoms. The first-order valence-electron chi connectivity index (χ1n) is 9.77. The van der Waals surface area contributed by atoms with Crippen molar-refractivity contribution in [3.8, 4) is 0 Å². The SMILES string of the molecule is CC1(CC2C(C(=O)OCN3C(=O)C4=C(CCCC4)C3=O)C2(C)C)OCCO1. The first kappa shape index (κ1) is 18.6. The summed E-state index contributed by atoms with van der Waals surface area (Å²) in [5.74, 6) is -1.80. The van der Waals surface area contributed by atoms with Gasteiger partial charge in [-0.3, -0.25) is 14.4 Å².